The average molecular weight is 229 g/mol. The van der Waals surface area contributed by atoms with Crippen LogP contribution in [0.15, 0.2) is 0 Å². The van der Waals surface area contributed by atoms with Crippen LogP contribution >= 0.6 is 0 Å². The van der Waals surface area contributed by atoms with Crippen molar-refractivity contribution in [1.82, 2.24) is 4.90 Å². The Morgan fingerprint density at radius 1 is 1.38 bits per heavy atom. The molecule has 0 rings (SSSR count). The van der Waals surface area contributed by atoms with Crippen LogP contribution in [0, 0.1) is 5.92 Å². The molecule has 1 unspecified atom stereocenters. The molecule has 0 aliphatic carbocycles. The molecule has 1 atom stereocenters. The zero-order valence-corrected chi connectivity index (χ0v) is 11.4. The van der Waals surface area contributed by atoms with Crippen LogP contribution in [0.2, 0.25) is 0 Å². The maximum Gasteiger partial charge on any atom is 0.304 e. The van der Waals surface area contributed by atoms with Gasteiger partial charge in [-0.25, -0.2) is 0 Å². The molecule has 0 radical (unpaired) electrons. The Labute approximate surface area is 99.8 Å². The van der Waals surface area contributed by atoms with Crippen LogP contribution in [0.4, 0.5) is 0 Å². The van der Waals surface area contributed by atoms with Crippen molar-refractivity contribution in [3.8, 4) is 0 Å². The first-order valence-corrected chi connectivity index (χ1v) is 6.24. The molecule has 3 nitrogen and oxygen atoms in total. The van der Waals surface area contributed by atoms with Crippen molar-refractivity contribution in [1.29, 1.82) is 0 Å². The highest BCUT2D eigenvalue weighted by Gasteiger charge is 2.23. The molecule has 0 bridgehead atoms. The van der Waals surface area contributed by atoms with E-state index in [1.54, 1.807) is 0 Å². The molecule has 0 aliphatic heterocycles. The minimum atomic E-state index is -0.711. The molecule has 0 saturated carbocycles. The van der Waals surface area contributed by atoms with E-state index in [9.17, 15) is 4.79 Å². The first-order valence-electron chi connectivity index (χ1n) is 6.24. The van der Waals surface area contributed by atoms with Crippen molar-refractivity contribution in [3.63, 3.8) is 0 Å². The largest absolute Gasteiger partial charge is 0.481 e. The molecule has 0 aromatic heterocycles. The molecule has 0 spiro atoms. The molecular formula is C13H27NO2. The van der Waals surface area contributed by atoms with E-state index >= 15 is 0 Å². The van der Waals surface area contributed by atoms with Gasteiger partial charge in [0.1, 0.15) is 0 Å². The molecule has 0 aliphatic rings. The number of rotatable bonds is 7. The maximum atomic E-state index is 10.6. The lowest BCUT2D eigenvalue weighted by atomic mass is 10.00. The van der Waals surface area contributed by atoms with Gasteiger partial charge in [-0.05, 0) is 33.1 Å². The van der Waals surface area contributed by atoms with Gasteiger partial charge in [-0.1, -0.05) is 20.3 Å². The van der Waals surface area contributed by atoms with Crippen LogP contribution < -0.4 is 0 Å². The first-order chi connectivity index (χ1) is 7.27. The number of carboxylic acids is 1. The van der Waals surface area contributed by atoms with E-state index in [1.165, 1.54) is 12.8 Å². The van der Waals surface area contributed by atoms with Gasteiger partial charge in [0.05, 0.1) is 6.42 Å². The van der Waals surface area contributed by atoms with Crippen molar-refractivity contribution < 1.29 is 9.90 Å². The van der Waals surface area contributed by atoms with Crippen LogP contribution in [-0.2, 0) is 4.79 Å². The molecule has 3 heteroatoms. The van der Waals surface area contributed by atoms with Crippen molar-refractivity contribution in [2.45, 2.75) is 59.4 Å². The summed E-state index contributed by atoms with van der Waals surface area (Å²) < 4.78 is 0. The van der Waals surface area contributed by atoms with E-state index in [-0.39, 0.29) is 12.0 Å². The van der Waals surface area contributed by atoms with Gasteiger partial charge in [-0.2, -0.15) is 0 Å². The third-order valence-corrected chi connectivity index (χ3v) is 2.86. The van der Waals surface area contributed by atoms with Gasteiger partial charge in [0, 0.05) is 18.6 Å². The predicted molar refractivity (Wildman–Crippen MR) is 67.7 cm³/mol. The number of aliphatic carboxylic acids is 1. The summed E-state index contributed by atoms with van der Waals surface area (Å²) in [5.74, 6) is -0.0737. The minimum Gasteiger partial charge on any atom is -0.481 e. The van der Waals surface area contributed by atoms with Crippen molar-refractivity contribution >= 4 is 5.97 Å². The van der Waals surface area contributed by atoms with Crippen molar-refractivity contribution in [3.05, 3.63) is 0 Å². The highest BCUT2D eigenvalue weighted by atomic mass is 16.4. The zero-order valence-electron chi connectivity index (χ0n) is 11.4. The second-order valence-corrected chi connectivity index (χ2v) is 5.65. The number of hydrogen-bond acceptors (Lipinski definition) is 2. The predicted octanol–water partition coefficient (Wildman–Crippen LogP) is 3.00. The van der Waals surface area contributed by atoms with Gasteiger partial charge < -0.3 is 5.11 Å². The fourth-order valence-corrected chi connectivity index (χ4v) is 1.89. The molecule has 0 aromatic carbocycles. The highest BCUT2D eigenvalue weighted by molar-refractivity contribution is 5.66. The lowest BCUT2D eigenvalue weighted by Gasteiger charge is -2.37. The van der Waals surface area contributed by atoms with Crippen LogP contribution in [0.5, 0.6) is 0 Å². The zero-order chi connectivity index (χ0) is 12.8. The fraction of sp³-hybridized carbons (Fsp3) is 0.923. The van der Waals surface area contributed by atoms with E-state index in [4.69, 9.17) is 5.11 Å². The summed E-state index contributed by atoms with van der Waals surface area (Å²) in [6.07, 6.45) is 2.63. The SMILES string of the molecule is CCCC(C)CN(CCC(=O)O)C(C)(C)C. The van der Waals surface area contributed by atoms with Gasteiger partial charge in [-0.3, -0.25) is 9.69 Å². The third-order valence-electron chi connectivity index (χ3n) is 2.86. The van der Waals surface area contributed by atoms with Crippen molar-refractivity contribution in [2.24, 2.45) is 5.92 Å². The Balaban J connectivity index is 4.27. The lowest BCUT2D eigenvalue weighted by molar-refractivity contribution is -0.137. The summed E-state index contributed by atoms with van der Waals surface area (Å²) >= 11 is 0. The summed E-state index contributed by atoms with van der Waals surface area (Å²) in [7, 11) is 0. The number of hydrogen-bond donors (Lipinski definition) is 1. The van der Waals surface area contributed by atoms with Gasteiger partial charge >= 0.3 is 5.97 Å². The monoisotopic (exact) mass is 229 g/mol. The lowest BCUT2D eigenvalue weighted by Crippen LogP contribution is -2.44. The molecule has 0 amide bonds. The minimum absolute atomic E-state index is 0.0530. The Kier molecular flexibility index (Phi) is 6.65. The standard InChI is InChI=1S/C13H27NO2/c1-6-7-11(2)10-14(13(3,4)5)9-8-12(15)16/h11H,6-10H2,1-5H3,(H,15,16). The van der Waals surface area contributed by atoms with E-state index in [1.807, 2.05) is 0 Å². The normalized spacial score (nSPS) is 14.1. The second kappa shape index (κ2) is 6.89. The highest BCUT2D eigenvalue weighted by Crippen LogP contribution is 2.17. The summed E-state index contributed by atoms with van der Waals surface area (Å²) in [6, 6.07) is 0. The van der Waals surface area contributed by atoms with Gasteiger partial charge in [0.2, 0.25) is 0 Å². The Hall–Kier alpha value is -0.570. The maximum absolute atomic E-state index is 10.6. The topological polar surface area (TPSA) is 40.5 Å². The second-order valence-electron chi connectivity index (χ2n) is 5.65. The molecule has 0 fully saturated rings. The smallest absolute Gasteiger partial charge is 0.304 e. The summed E-state index contributed by atoms with van der Waals surface area (Å²) in [5.41, 5.74) is 0.0530. The van der Waals surface area contributed by atoms with Gasteiger partial charge in [0.25, 0.3) is 0 Å². The summed E-state index contributed by atoms with van der Waals surface area (Å²) in [4.78, 5) is 12.9. The van der Waals surface area contributed by atoms with E-state index in [0.717, 1.165) is 6.54 Å². The fourth-order valence-electron chi connectivity index (χ4n) is 1.89. The van der Waals surface area contributed by atoms with Gasteiger partial charge in [-0.15, -0.1) is 0 Å². The van der Waals surface area contributed by atoms with Crippen LogP contribution in [0.1, 0.15) is 53.9 Å². The quantitative estimate of drug-likeness (QED) is 0.729. The first kappa shape index (κ1) is 15.4. The molecule has 16 heavy (non-hydrogen) atoms. The van der Waals surface area contributed by atoms with E-state index in [0.29, 0.717) is 12.5 Å². The molecule has 96 valence electrons. The number of carboxylic acid groups (broad SMARTS) is 1. The van der Waals surface area contributed by atoms with Crippen LogP contribution in [-0.4, -0.2) is 34.6 Å². The Morgan fingerprint density at radius 2 is 1.94 bits per heavy atom. The summed E-state index contributed by atoms with van der Waals surface area (Å²) in [5, 5.41) is 8.74. The number of nitrogens with zero attached hydrogens (tertiary/aromatic N) is 1. The molecule has 0 saturated heterocycles. The van der Waals surface area contributed by atoms with E-state index < -0.39 is 5.97 Å². The van der Waals surface area contributed by atoms with E-state index in [2.05, 4.69) is 39.5 Å². The summed E-state index contributed by atoms with van der Waals surface area (Å²) in [6.45, 7) is 12.5. The van der Waals surface area contributed by atoms with Gasteiger partial charge in [0.15, 0.2) is 0 Å². The Morgan fingerprint density at radius 3 is 2.31 bits per heavy atom. The third kappa shape index (κ3) is 6.83. The molecule has 0 aromatic rings. The molecule has 0 heterocycles. The average Bonchev–Trinajstić information content (AvgIpc) is 2.10. The molecule has 1 N–H and O–H groups in total. The van der Waals surface area contributed by atoms with Crippen LogP contribution in [0.3, 0.4) is 0 Å². The molecular weight excluding hydrogens is 202 g/mol. The van der Waals surface area contributed by atoms with Crippen molar-refractivity contribution in [2.75, 3.05) is 13.1 Å². The number of carbonyl (C=O) groups is 1. The van der Waals surface area contributed by atoms with Crippen LogP contribution in [0.25, 0.3) is 0 Å². The Bertz CT molecular complexity index is 208.